The Morgan fingerprint density at radius 3 is 2.04 bits per heavy atom. The molecule has 0 fully saturated rings. The van der Waals surface area contributed by atoms with Gasteiger partial charge in [0.15, 0.2) is 0 Å². The number of nitrogens with one attached hydrogen (secondary N) is 1. The van der Waals surface area contributed by atoms with Crippen molar-refractivity contribution >= 4 is 12.1 Å². The molecule has 0 bridgehead atoms. The molecule has 2 aromatic carbocycles. The Labute approximate surface area is 148 Å². The Balaban J connectivity index is 1.96. The Hall–Kier alpha value is -2.82. The van der Waals surface area contributed by atoms with E-state index in [9.17, 15) is 9.59 Å². The number of carbonyl (C=O) groups is 2. The molecule has 25 heavy (non-hydrogen) atoms. The highest BCUT2D eigenvalue weighted by Crippen LogP contribution is 2.07. The fraction of sp³-hybridized carbons (Fsp3) is 0.300. The van der Waals surface area contributed by atoms with E-state index in [1.54, 1.807) is 13.8 Å². The van der Waals surface area contributed by atoms with Gasteiger partial charge in [-0.15, -0.1) is 0 Å². The summed E-state index contributed by atoms with van der Waals surface area (Å²) in [6.45, 7) is 3.68. The van der Waals surface area contributed by atoms with Crippen LogP contribution in [0.1, 0.15) is 25.0 Å². The number of hydrogen-bond donors (Lipinski definition) is 1. The van der Waals surface area contributed by atoms with Crippen molar-refractivity contribution in [3.8, 4) is 0 Å². The first-order valence-corrected chi connectivity index (χ1v) is 8.26. The smallest absolute Gasteiger partial charge is 0.408 e. The number of hydrogen-bond acceptors (Lipinski definition) is 4. The lowest BCUT2D eigenvalue weighted by Crippen LogP contribution is -2.44. The average molecular weight is 341 g/mol. The summed E-state index contributed by atoms with van der Waals surface area (Å²) < 4.78 is 10.4. The molecule has 0 heterocycles. The van der Waals surface area contributed by atoms with E-state index < -0.39 is 18.1 Å². The molecule has 2 rings (SSSR count). The molecular formula is C20H23NO4. The van der Waals surface area contributed by atoms with Crippen LogP contribution in [0.2, 0.25) is 0 Å². The first-order chi connectivity index (χ1) is 12.0. The SMILES string of the molecule is CC(C)OC(=O)[C@H](Cc1ccccc1)NC(=O)OCc1ccccc1. The first kappa shape index (κ1) is 18.5. The number of benzene rings is 2. The maximum absolute atomic E-state index is 12.3. The Morgan fingerprint density at radius 1 is 0.920 bits per heavy atom. The number of ether oxygens (including phenoxy) is 2. The minimum Gasteiger partial charge on any atom is -0.461 e. The third-order valence-electron chi connectivity index (χ3n) is 3.42. The molecule has 132 valence electrons. The largest absolute Gasteiger partial charge is 0.461 e. The zero-order valence-electron chi connectivity index (χ0n) is 14.5. The second-order valence-electron chi connectivity index (χ2n) is 5.93. The molecule has 0 aliphatic heterocycles. The van der Waals surface area contributed by atoms with Crippen molar-refractivity contribution in [3.05, 3.63) is 71.8 Å². The number of carbonyl (C=O) groups excluding carboxylic acids is 2. The van der Waals surface area contributed by atoms with Gasteiger partial charge < -0.3 is 14.8 Å². The highest BCUT2D eigenvalue weighted by molar-refractivity contribution is 5.81. The van der Waals surface area contributed by atoms with Gasteiger partial charge in [-0.05, 0) is 25.0 Å². The minimum atomic E-state index is -0.798. The lowest BCUT2D eigenvalue weighted by molar-refractivity contribution is -0.149. The van der Waals surface area contributed by atoms with Crippen molar-refractivity contribution in [3.63, 3.8) is 0 Å². The molecule has 0 aliphatic rings. The Bertz CT molecular complexity index is 671. The van der Waals surface area contributed by atoms with Crippen LogP contribution in [0.3, 0.4) is 0 Å². The summed E-state index contributed by atoms with van der Waals surface area (Å²) in [7, 11) is 0. The second-order valence-corrected chi connectivity index (χ2v) is 5.93. The van der Waals surface area contributed by atoms with Gasteiger partial charge in [-0.25, -0.2) is 9.59 Å². The second kappa shape index (κ2) is 9.47. The number of amides is 1. The van der Waals surface area contributed by atoms with E-state index in [0.717, 1.165) is 11.1 Å². The normalized spacial score (nSPS) is 11.6. The molecule has 0 aromatic heterocycles. The summed E-state index contributed by atoms with van der Waals surface area (Å²) in [6, 6.07) is 18.0. The Kier molecular flexibility index (Phi) is 7.01. The molecular weight excluding hydrogens is 318 g/mol. The topological polar surface area (TPSA) is 64.6 Å². The van der Waals surface area contributed by atoms with Crippen LogP contribution in [0.15, 0.2) is 60.7 Å². The summed E-state index contributed by atoms with van der Waals surface area (Å²) in [4.78, 5) is 24.3. The molecule has 2 aromatic rings. The number of rotatable bonds is 7. The van der Waals surface area contributed by atoms with Gasteiger partial charge in [0.1, 0.15) is 12.6 Å². The maximum atomic E-state index is 12.3. The Morgan fingerprint density at radius 2 is 1.48 bits per heavy atom. The van der Waals surface area contributed by atoms with Gasteiger partial charge in [0.25, 0.3) is 0 Å². The van der Waals surface area contributed by atoms with E-state index in [1.165, 1.54) is 0 Å². The molecule has 5 heteroatoms. The van der Waals surface area contributed by atoms with Crippen LogP contribution in [-0.4, -0.2) is 24.2 Å². The van der Waals surface area contributed by atoms with E-state index >= 15 is 0 Å². The molecule has 0 aliphatic carbocycles. The van der Waals surface area contributed by atoms with Gasteiger partial charge in [0.2, 0.25) is 0 Å². The summed E-state index contributed by atoms with van der Waals surface area (Å²) in [5, 5.41) is 2.61. The van der Waals surface area contributed by atoms with Crippen molar-refractivity contribution in [2.24, 2.45) is 0 Å². The predicted molar refractivity (Wildman–Crippen MR) is 94.9 cm³/mol. The minimum absolute atomic E-state index is 0.143. The third kappa shape index (κ3) is 6.67. The molecule has 5 nitrogen and oxygen atoms in total. The van der Waals surface area contributed by atoms with Crippen LogP contribution in [0.25, 0.3) is 0 Å². The molecule has 0 saturated heterocycles. The van der Waals surface area contributed by atoms with Crippen LogP contribution < -0.4 is 5.32 Å². The molecule has 0 unspecified atom stereocenters. The van der Waals surface area contributed by atoms with E-state index in [2.05, 4.69) is 5.32 Å². The molecule has 0 radical (unpaired) electrons. The van der Waals surface area contributed by atoms with Crippen LogP contribution in [0.4, 0.5) is 4.79 Å². The quantitative estimate of drug-likeness (QED) is 0.783. The fourth-order valence-electron chi connectivity index (χ4n) is 2.26. The van der Waals surface area contributed by atoms with Crippen molar-refractivity contribution in [1.82, 2.24) is 5.32 Å². The summed E-state index contributed by atoms with van der Waals surface area (Å²) in [5.74, 6) is -0.476. The lowest BCUT2D eigenvalue weighted by atomic mass is 10.1. The lowest BCUT2D eigenvalue weighted by Gasteiger charge is -2.19. The fourth-order valence-corrected chi connectivity index (χ4v) is 2.26. The summed E-state index contributed by atoms with van der Waals surface area (Å²) in [6.07, 6.45) is -0.564. The maximum Gasteiger partial charge on any atom is 0.408 e. The highest BCUT2D eigenvalue weighted by Gasteiger charge is 2.24. The third-order valence-corrected chi connectivity index (χ3v) is 3.42. The molecule has 1 N–H and O–H groups in total. The van der Waals surface area contributed by atoms with Crippen LogP contribution in [0, 0.1) is 0 Å². The molecule has 0 saturated carbocycles. The number of alkyl carbamates (subject to hydrolysis) is 1. The van der Waals surface area contributed by atoms with Crippen LogP contribution in [0.5, 0.6) is 0 Å². The van der Waals surface area contributed by atoms with E-state index in [0.29, 0.717) is 6.42 Å². The van der Waals surface area contributed by atoms with Crippen molar-refractivity contribution in [1.29, 1.82) is 0 Å². The summed E-state index contributed by atoms with van der Waals surface area (Å²) >= 11 is 0. The molecule has 1 amide bonds. The zero-order valence-corrected chi connectivity index (χ0v) is 14.5. The van der Waals surface area contributed by atoms with Gasteiger partial charge in [0, 0.05) is 6.42 Å². The summed E-state index contributed by atoms with van der Waals surface area (Å²) in [5.41, 5.74) is 1.80. The molecule has 0 spiro atoms. The van der Waals surface area contributed by atoms with E-state index in [-0.39, 0.29) is 12.7 Å². The van der Waals surface area contributed by atoms with Crippen molar-refractivity contribution in [2.45, 2.75) is 39.0 Å². The van der Waals surface area contributed by atoms with Crippen LogP contribution in [-0.2, 0) is 27.3 Å². The van der Waals surface area contributed by atoms with E-state index in [4.69, 9.17) is 9.47 Å². The standard InChI is InChI=1S/C20H23NO4/c1-15(2)25-19(22)18(13-16-9-5-3-6-10-16)21-20(23)24-14-17-11-7-4-8-12-17/h3-12,15,18H,13-14H2,1-2H3,(H,21,23)/t18-/m0/s1. The average Bonchev–Trinajstić information content (AvgIpc) is 2.60. The van der Waals surface area contributed by atoms with Gasteiger partial charge in [-0.1, -0.05) is 60.7 Å². The van der Waals surface area contributed by atoms with Crippen LogP contribution >= 0.6 is 0 Å². The first-order valence-electron chi connectivity index (χ1n) is 8.26. The van der Waals surface area contributed by atoms with Gasteiger partial charge >= 0.3 is 12.1 Å². The van der Waals surface area contributed by atoms with Gasteiger partial charge in [-0.2, -0.15) is 0 Å². The zero-order chi connectivity index (χ0) is 18.1. The van der Waals surface area contributed by atoms with E-state index in [1.807, 2.05) is 60.7 Å². The van der Waals surface area contributed by atoms with Gasteiger partial charge in [0.05, 0.1) is 6.10 Å². The number of esters is 1. The highest BCUT2D eigenvalue weighted by atomic mass is 16.6. The van der Waals surface area contributed by atoms with Crippen molar-refractivity contribution in [2.75, 3.05) is 0 Å². The van der Waals surface area contributed by atoms with Gasteiger partial charge in [-0.3, -0.25) is 0 Å². The monoisotopic (exact) mass is 341 g/mol. The van der Waals surface area contributed by atoms with Crippen molar-refractivity contribution < 1.29 is 19.1 Å². The molecule has 1 atom stereocenters. The predicted octanol–water partition coefficient (Wildman–Crippen LogP) is 3.48.